The fraction of sp³-hybridized carbons (Fsp3) is 0. The van der Waals surface area contributed by atoms with E-state index in [-0.39, 0.29) is 5.75 Å². The maximum atomic E-state index is 10.1. The van der Waals surface area contributed by atoms with Crippen LogP contribution in [0.5, 0.6) is 5.75 Å². The zero-order valence-electron chi connectivity index (χ0n) is 9.85. The molecule has 0 amide bonds. The molecule has 0 aliphatic carbocycles. The first-order valence-corrected chi connectivity index (χ1v) is 6.35. The van der Waals surface area contributed by atoms with Crippen LogP contribution in [0.3, 0.4) is 0 Å². The highest BCUT2D eigenvalue weighted by atomic mass is 35.5. The molecule has 1 N–H and O–H groups in total. The van der Waals surface area contributed by atoms with E-state index in [4.69, 9.17) is 16.0 Å². The van der Waals surface area contributed by atoms with Crippen molar-refractivity contribution in [3.8, 4) is 5.75 Å². The van der Waals surface area contributed by atoms with Crippen LogP contribution in [0.25, 0.3) is 32.7 Å². The molecule has 1 aromatic heterocycles. The van der Waals surface area contributed by atoms with Crippen LogP contribution in [0.2, 0.25) is 5.02 Å². The third kappa shape index (κ3) is 1.38. The van der Waals surface area contributed by atoms with Gasteiger partial charge in [-0.25, -0.2) is 0 Å². The minimum atomic E-state index is 0.255. The van der Waals surface area contributed by atoms with Crippen LogP contribution in [0.1, 0.15) is 0 Å². The molecular weight excluding hydrogens is 260 g/mol. The number of phenolic OH excluding ortho intramolecular Hbond substituents is 1. The fourth-order valence-corrected chi connectivity index (χ4v) is 2.83. The summed E-state index contributed by atoms with van der Waals surface area (Å²) in [5.74, 6) is 0.255. The van der Waals surface area contributed by atoms with Crippen LogP contribution in [-0.4, -0.2) is 5.11 Å². The van der Waals surface area contributed by atoms with Crippen molar-refractivity contribution < 1.29 is 9.52 Å². The number of furan rings is 1. The Bertz CT molecular complexity index is 938. The van der Waals surface area contributed by atoms with E-state index in [1.54, 1.807) is 12.1 Å². The van der Waals surface area contributed by atoms with Crippen LogP contribution in [0.15, 0.2) is 52.9 Å². The average Bonchev–Trinajstić information content (AvgIpc) is 2.79. The Kier molecular flexibility index (Phi) is 2.06. The predicted octanol–water partition coefficient (Wildman–Crippen LogP) is 5.10. The molecule has 2 nitrogen and oxygen atoms in total. The topological polar surface area (TPSA) is 33.4 Å². The van der Waals surface area contributed by atoms with Crippen LogP contribution >= 0.6 is 11.6 Å². The summed E-state index contributed by atoms with van der Waals surface area (Å²) >= 11 is 6.16. The van der Waals surface area contributed by atoms with E-state index in [1.807, 2.05) is 36.4 Å². The summed E-state index contributed by atoms with van der Waals surface area (Å²) < 4.78 is 5.80. The highest BCUT2D eigenvalue weighted by molar-refractivity contribution is 6.36. The van der Waals surface area contributed by atoms with Gasteiger partial charge in [0, 0.05) is 16.2 Å². The van der Waals surface area contributed by atoms with E-state index in [1.165, 1.54) is 0 Å². The minimum Gasteiger partial charge on any atom is -0.507 e. The summed E-state index contributed by atoms with van der Waals surface area (Å²) in [4.78, 5) is 0. The molecule has 0 spiro atoms. The minimum absolute atomic E-state index is 0.255. The number of benzene rings is 3. The van der Waals surface area contributed by atoms with Gasteiger partial charge in [-0.15, -0.1) is 0 Å². The van der Waals surface area contributed by atoms with E-state index in [0.717, 1.165) is 27.1 Å². The van der Waals surface area contributed by atoms with Gasteiger partial charge in [0.2, 0.25) is 0 Å². The molecule has 92 valence electrons. The third-order valence-corrected chi connectivity index (χ3v) is 3.73. The summed E-state index contributed by atoms with van der Waals surface area (Å²) in [5.41, 5.74) is 1.40. The molecule has 0 saturated carbocycles. The first-order valence-electron chi connectivity index (χ1n) is 5.97. The van der Waals surface area contributed by atoms with Gasteiger partial charge in [0.05, 0.1) is 5.02 Å². The van der Waals surface area contributed by atoms with Crippen LogP contribution < -0.4 is 0 Å². The Morgan fingerprint density at radius 2 is 1.74 bits per heavy atom. The van der Waals surface area contributed by atoms with Gasteiger partial charge in [0.1, 0.15) is 11.3 Å². The smallest absolute Gasteiger partial charge is 0.154 e. The first-order chi connectivity index (χ1) is 9.25. The quantitative estimate of drug-likeness (QED) is 0.481. The third-order valence-electron chi connectivity index (χ3n) is 3.43. The second kappa shape index (κ2) is 3.65. The van der Waals surface area contributed by atoms with Crippen molar-refractivity contribution in [2.24, 2.45) is 0 Å². The number of rotatable bonds is 0. The van der Waals surface area contributed by atoms with Crippen molar-refractivity contribution in [1.29, 1.82) is 0 Å². The molecule has 1 heterocycles. The van der Waals surface area contributed by atoms with E-state index < -0.39 is 0 Å². The second-order valence-corrected chi connectivity index (χ2v) is 4.94. The van der Waals surface area contributed by atoms with Gasteiger partial charge in [0.15, 0.2) is 5.58 Å². The molecule has 4 rings (SSSR count). The number of hydrogen-bond acceptors (Lipinski definition) is 2. The van der Waals surface area contributed by atoms with Gasteiger partial charge in [-0.05, 0) is 23.6 Å². The van der Waals surface area contributed by atoms with Crippen molar-refractivity contribution in [1.82, 2.24) is 0 Å². The molecule has 0 atom stereocenters. The summed E-state index contributed by atoms with van der Waals surface area (Å²) in [6, 6.07) is 15.0. The number of fused-ring (bicyclic) bond motifs is 5. The molecule has 4 aromatic rings. The highest BCUT2D eigenvalue weighted by Gasteiger charge is 2.14. The Morgan fingerprint density at radius 3 is 2.63 bits per heavy atom. The van der Waals surface area contributed by atoms with E-state index in [2.05, 4.69) is 0 Å². The Hall–Kier alpha value is -2.19. The molecule has 0 saturated heterocycles. The van der Waals surface area contributed by atoms with Crippen molar-refractivity contribution in [3.05, 3.63) is 53.6 Å². The Morgan fingerprint density at radius 1 is 0.895 bits per heavy atom. The Balaban J connectivity index is 2.39. The number of halogens is 1. The maximum Gasteiger partial charge on any atom is 0.154 e. The van der Waals surface area contributed by atoms with Crippen molar-refractivity contribution in [3.63, 3.8) is 0 Å². The highest BCUT2D eigenvalue weighted by Crippen LogP contribution is 2.40. The van der Waals surface area contributed by atoms with E-state index >= 15 is 0 Å². The zero-order chi connectivity index (χ0) is 13.0. The van der Waals surface area contributed by atoms with E-state index in [0.29, 0.717) is 10.6 Å². The van der Waals surface area contributed by atoms with Crippen LogP contribution in [-0.2, 0) is 0 Å². The lowest BCUT2D eigenvalue weighted by Crippen LogP contribution is -1.75. The number of para-hydroxylation sites is 1. The zero-order valence-corrected chi connectivity index (χ0v) is 10.6. The molecule has 0 aliphatic heterocycles. The average molecular weight is 269 g/mol. The lowest BCUT2D eigenvalue weighted by molar-refractivity contribution is 0.482. The predicted molar refractivity (Wildman–Crippen MR) is 77.9 cm³/mol. The molecule has 0 fully saturated rings. The van der Waals surface area contributed by atoms with Crippen LogP contribution in [0.4, 0.5) is 0 Å². The van der Waals surface area contributed by atoms with Crippen molar-refractivity contribution >= 4 is 44.3 Å². The summed E-state index contributed by atoms with van der Waals surface area (Å²) in [6.07, 6.45) is 0. The van der Waals surface area contributed by atoms with Crippen molar-refractivity contribution in [2.45, 2.75) is 0 Å². The molecule has 0 radical (unpaired) electrons. The van der Waals surface area contributed by atoms with Crippen molar-refractivity contribution in [2.75, 3.05) is 0 Å². The Labute approximate surface area is 113 Å². The van der Waals surface area contributed by atoms with Gasteiger partial charge in [-0.1, -0.05) is 41.9 Å². The van der Waals surface area contributed by atoms with Gasteiger partial charge in [-0.2, -0.15) is 0 Å². The van der Waals surface area contributed by atoms with E-state index in [9.17, 15) is 5.11 Å². The van der Waals surface area contributed by atoms with Gasteiger partial charge < -0.3 is 9.52 Å². The number of hydrogen-bond donors (Lipinski definition) is 1. The summed E-state index contributed by atoms with van der Waals surface area (Å²) in [7, 11) is 0. The molecular formula is C16H9ClO2. The second-order valence-electron chi connectivity index (χ2n) is 4.53. The summed E-state index contributed by atoms with van der Waals surface area (Å²) in [6.45, 7) is 0. The first kappa shape index (κ1) is 10.7. The lowest BCUT2D eigenvalue weighted by atomic mass is 10.0. The summed E-state index contributed by atoms with van der Waals surface area (Å²) in [5, 5.41) is 14.3. The van der Waals surface area contributed by atoms with Crippen LogP contribution in [0, 0.1) is 0 Å². The molecule has 3 aromatic carbocycles. The standard InChI is InChI=1S/C16H9ClO2/c17-11-5-2-4-10-15-13(19-16(10)11)8-7-9-3-1-6-12(18)14(9)15/h1-8,18H. The molecule has 19 heavy (non-hydrogen) atoms. The monoisotopic (exact) mass is 268 g/mol. The molecule has 0 unspecified atom stereocenters. The van der Waals surface area contributed by atoms with Gasteiger partial charge in [0.25, 0.3) is 0 Å². The molecule has 0 bridgehead atoms. The van der Waals surface area contributed by atoms with Gasteiger partial charge in [-0.3, -0.25) is 0 Å². The number of phenols is 1. The SMILES string of the molecule is Oc1cccc2ccc3oc4c(Cl)cccc4c3c12. The molecule has 3 heteroatoms. The number of aromatic hydroxyl groups is 1. The molecule has 0 aliphatic rings. The lowest BCUT2D eigenvalue weighted by Gasteiger charge is -2.01. The van der Waals surface area contributed by atoms with Gasteiger partial charge >= 0.3 is 0 Å². The normalized spacial score (nSPS) is 11.6. The fourth-order valence-electron chi connectivity index (χ4n) is 2.61. The largest absolute Gasteiger partial charge is 0.507 e. The maximum absolute atomic E-state index is 10.1.